The topological polar surface area (TPSA) is 44.0 Å². The van der Waals surface area contributed by atoms with Crippen molar-refractivity contribution in [3.05, 3.63) is 35.6 Å². The predicted octanol–water partition coefficient (Wildman–Crippen LogP) is 3.51. The van der Waals surface area contributed by atoms with Crippen molar-refractivity contribution >= 4 is 0 Å². The second-order valence-electron chi connectivity index (χ2n) is 5.34. The van der Waals surface area contributed by atoms with Gasteiger partial charge in [-0.2, -0.15) is 5.26 Å². The van der Waals surface area contributed by atoms with Gasteiger partial charge in [-0.1, -0.05) is 31.4 Å². The van der Waals surface area contributed by atoms with Crippen molar-refractivity contribution < 1.29 is 9.50 Å². The molecule has 0 saturated heterocycles. The van der Waals surface area contributed by atoms with E-state index in [4.69, 9.17) is 0 Å². The first-order valence-corrected chi connectivity index (χ1v) is 6.41. The molecule has 0 amide bonds. The van der Waals surface area contributed by atoms with Crippen LogP contribution in [0.5, 0.6) is 0 Å². The van der Waals surface area contributed by atoms with Crippen LogP contribution in [-0.2, 0) is 5.60 Å². The summed E-state index contributed by atoms with van der Waals surface area (Å²) in [6, 6.07) is 8.24. The minimum atomic E-state index is -1.30. The first-order chi connectivity index (χ1) is 8.52. The van der Waals surface area contributed by atoms with Crippen LogP contribution >= 0.6 is 0 Å². The SMILES string of the molecule is CC(O)(c1cccc(F)c1)C1(C#N)CCCCC1. The minimum absolute atomic E-state index is 0.378. The van der Waals surface area contributed by atoms with Crippen molar-refractivity contribution in [1.29, 1.82) is 5.26 Å². The zero-order valence-corrected chi connectivity index (χ0v) is 10.6. The molecule has 0 spiro atoms. The summed E-state index contributed by atoms with van der Waals surface area (Å²) in [6.07, 6.45) is 4.33. The number of benzene rings is 1. The Morgan fingerprint density at radius 2 is 2.00 bits per heavy atom. The van der Waals surface area contributed by atoms with Crippen molar-refractivity contribution in [2.75, 3.05) is 0 Å². The molecule has 1 aliphatic carbocycles. The molecule has 1 aliphatic rings. The number of aliphatic hydroxyl groups is 1. The molecule has 0 aromatic heterocycles. The van der Waals surface area contributed by atoms with E-state index in [2.05, 4.69) is 6.07 Å². The molecule has 1 aromatic carbocycles. The highest BCUT2D eigenvalue weighted by Crippen LogP contribution is 2.49. The molecule has 0 heterocycles. The third kappa shape index (κ3) is 2.02. The van der Waals surface area contributed by atoms with E-state index in [1.807, 2.05) is 0 Å². The van der Waals surface area contributed by atoms with Crippen LogP contribution in [0.3, 0.4) is 0 Å². The van der Waals surface area contributed by atoms with E-state index in [-0.39, 0.29) is 5.82 Å². The molecule has 1 unspecified atom stereocenters. The Morgan fingerprint density at radius 3 is 2.56 bits per heavy atom. The van der Waals surface area contributed by atoms with Gasteiger partial charge in [-0.05, 0) is 37.5 Å². The maximum atomic E-state index is 13.3. The van der Waals surface area contributed by atoms with Gasteiger partial charge in [0, 0.05) is 0 Å². The van der Waals surface area contributed by atoms with Crippen LogP contribution in [0, 0.1) is 22.6 Å². The van der Waals surface area contributed by atoms with Gasteiger partial charge in [-0.25, -0.2) is 4.39 Å². The minimum Gasteiger partial charge on any atom is -0.384 e. The fourth-order valence-corrected chi connectivity index (χ4v) is 2.93. The van der Waals surface area contributed by atoms with Crippen LogP contribution < -0.4 is 0 Å². The molecule has 96 valence electrons. The average Bonchev–Trinajstić information content (AvgIpc) is 2.39. The zero-order valence-electron chi connectivity index (χ0n) is 10.6. The van der Waals surface area contributed by atoms with E-state index in [9.17, 15) is 14.8 Å². The molecular formula is C15H18FNO. The fraction of sp³-hybridized carbons (Fsp3) is 0.533. The number of hydrogen-bond acceptors (Lipinski definition) is 2. The Kier molecular flexibility index (Phi) is 3.41. The highest BCUT2D eigenvalue weighted by molar-refractivity contribution is 5.29. The molecule has 2 nitrogen and oxygen atoms in total. The summed E-state index contributed by atoms with van der Waals surface area (Å²) in [5.41, 5.74) is -1.60. The summed E-state index contributed by atoms with van der Waals surface area (Å²) in [5.74, 6) is -0.378. The molecule has 3 heteroatoms. The maximum Gasteiger partial charge on any atom is 0.123 e. The van der Waals surface area contributed by atoms with Crippen LogP contribution in [0.25, 0.3) is 0 Å². The summed E-state index contributed by atoms with van der Waals surface area (Å²) in [6.45, 7) is 1.64. The van der Waals surface area contributed by atoms with Crippen LogP contribution in [-0.4, -0.2) is 5.11 Å². The molecule has 1 atom stereocenters. The predicted molar refractivity (Wildman–Crippen MR) is 67.1 cm³/mol. The van der Waals surface area contributed by atoms with Crippen molar-refractivity contribution in [2.24, 2.45) is 5.41 Å². The molecule has 0 aliphatic heterocycles. The van der Waals surface area contributed by atoms with Gasteiger partial charge in [0.25, 0.3) is 0 Å². The molecule has 1 N–H and O–H groups in total. The molecule has 0 bridgehead atoms. The van der Waals surface area contributed by atoms with E-state index < -0.39 is 11.0 Å². The average molecular weight is 247 g/mol. The number of halogens is 1. The lowest BCUT2D eigenvalue weighted by Gasteiger charge is -2.43. The molecule has 2 rings (SSSR count). The first kappa shape index (κ1) is 13.0. The van der Waals surface area contributed by atoms with E-state index >= 15 is 0 Å². The highest BCUT2D eigenvalue weighted by Gasteiger charge is 2.49. The summed E-state index contributed by atoms with van der Waals surface area (Å²) < 4.78 is 13.3. The van der Waals surface area contributed by atoms with E-state index in [0.717, 1.165) is 19.3 Å². The van der Waals surface area contributed by atoms with Gasteiger partial charge in [0.1, 0.15) is 11.4 Å². The van der Waals surface area contributed by atoms with Crippen molar-refractivity contribution in [2.45, 2.75) is 44.6 Å². The Balaban J connectivity index is 2.43. The standard InChI is InChI=1S/C15H18FNO/c1-14(18,12-6-5-7-13(16)10-12)15(11-17)8-3-2-4-9-15/h5-7,10,18H,2-4,8-9H2,1H3. The summed E-state index contributed by atoms with van der Waals surface area (Å²) in [4.78, 5) is 0. The first-order valence-electron chi connectivity index (χ1n) is 6.41. The molecule has 0 radical (unpaired) electrons. The Labute approximate surface area is 107 Å². The summed E-state index contributed by atoms with van der Waals surface area (Å²) in [5, 5.41) is 20.3. The van der Waals surface area contributed by atoms with Crippen LogP contribution in [0.4, 0.5) is 4.39 Å². The van der Waals surface area contributed by atoms with Crippen molar-refractivity contribution in [3.63, 3.8) is 0 Å². The normalized spacial score (nSPS) is 21.9. The Bertz CT molecular complexity index is 470. The molecule has 18 heavy (non-hydrogen) atoms. The van der Waals surface area contributed by atoms with Gasteiger partial charge in [0.15, 0.2) is 0 Å². The number of nitrogens with zero attached hydrogens (tertiary/aromatic N) is 1. The van der Waals surface area contributed by atoms with Crippen molar-refractivity contribution in [3.8, 4) is 6.07 Å². The lowest BCUT2D eigenvalue weighted by Crippen LogP contribution is -2.44. The fourth-order valence-electron chi connectivity index (χ4n) is 2.93. The number of rotatable bonds is 2. The van der Waals surface area contributed by atoms with E-state index in [1.54, 1.807) is 19.1 Å². The van der Waals surface area contributed by atoms with E-state index in [1.165, 1.54) is 12.1 Å². The van der Waals surface area contributed by atoms with E-state index in [0.29, 0.717) is 18.4 Å². The molecular weight excluding hydrogens is 229 g/mol. The van der Waals surface area contributed by atoms with Crippen LogP contribution in [0.2, 0.25) is 0 Å². The van der Waals surface area contributed by atoms with Gasteiger partial charge in [-0.3, -0.25) is 0 Å². The maximum absolute atomic E-state index is 13.3. The highest BCUT2D eigenvalue weighted by atomic mass is 19.1. The lowest BCUT2D eigenvalue weighted by atomic mass is 9.62. The van der Waals surface area contributed by atoms with Gasteiger partial charge in [0.05, 0.1) is 11.5 Å². The van der Waals surface area contributed by atoms with Crippen molar-refractivity contribution in [1.82, 2.24) is 0 Å². The third-order valence-electron chi connectivity index (χ3n) is 4.24. The zero-order chi connectivity index (χ0) is 13.2. The number of hydrogen-bond donors (Lipinski definition) is 1. The van der Waals surface area contributed by atoms with Gasteiger partial charge in [0.2, 0.25) is 0 Å². The summed E-state index contributed by atoms with van der Waals surface area (Å²) >= 11 is 0. The van der Waals surface area contributed by atoms with Crippen LogP contribution in [0.15, 0.2) is 24.3 Å². The Morgan fingerprint density at radius 1 is 1.33 bits per heavy atom. The van der Waals surface area contributed by atoms with Gasteiger partial charge >= 0.3 is 0 Å². The van der Waals surface area contributed by atoms with Gasteiger partial charge in [-0.15, -0.1) is 0 Å². The third-order valence-corrected chi connectivity index (χ3v) is 4.24. The summed E-state index contributed by atoms with van der Waals surface area (Å²) in [7, 11) is 0. The number of nitriles is 1. The monoisotopic (exact) mass is 247 g/mol. The largest absolute Gasteiger partial charge is 0.384 e. The quantitative estimate of drug-likeness (QED) is 0.869. The molecule has 1 saturated carbocycles. The molecule has 1 fully saturated rings. The molecule has 1 aromatic rings. The second-order valence-corrected chi connectivity index (χ2v) is 5.34. The lowest BCUT2D eigenvalue weighted by molar-refractivity contribution is -0.0636. The smallest absolute Gasteiger partial charge is 0.123 e. The Hall–Kier alpha value is -1.40. The van der Waals surface area contributed by atoms with Gasteiger partial charge < -0.3 is 5.11 Å². The van der Waals surface area contributed by atoms with Crippen LogP contribution in [0.1, 0.15) is 44.6 Å². The second kappa shape index (κ2) is 4.70.